The van der Waals surface area contributed by atoms with Crippen molar-refractivity contribution in [3.8, 4) is 17.0 Å². The van der Waals surface area contributed by atoms with Crippen LogP contribution in [0.25, 0.3) is 39.1 Å². The van der Waals surface area contributed by atoms with E-state index in [9.17, 15) is 9.90 Å². The van der Waals surface area contributed by atoms with E-state index < -0.39 is 0 Å². The number of rotatable bonds is 5. The van der Waals surface area contributed by atoms with Gasteiger partial charge in [0, 0.05) is 33.0 Å². The van der Waals surface area contributed by atoms with E-state index in [4.69, 9.17) is 16.6 Å². The topological polar surface area (TPSA) is 78.0 Å². The lowest BCUT2D eigenvalue weighted by molar-refractivity contribution is -0.116. The van der Waals surface area contributed by atoms with E-state index >= 15 is 0 Å². The van der Waals surface area contributed by atoms with Crippen LogP contribution in [-0.2, 0) is 11.3 Å². The van der Waals surface area contributed by atoms with Crippen LogP contribution in [0.2, 0.25) is 5.02 Å². The lowest BCUT2D eigenvalue weighted by Crippen LogP contribution is -2.21. The highest BCUT2D eigenvalue weighted by atomic mass is 35.5. The highest BCUT2D eigenvalue weighted by Gasteiger charge is 2.14. The molecular formula is C27H20ClN3O2. The average Bonchev–Trinajstić information content (AvgIpc) is 3.20. The Morgan fingerprint density at radius 2 is 1.82 bits per heavy atom. The third-order valence-electron chi connectivity index (χ3n) is 5.41. The minimum atomic E-state index is -0.243. The van der Waals surface area contributed by atoms with Crippen molar-refractivity contribution >= 4 is 45.4 Å². The molecule has 0 unspecified atom stereocenters. The molecule has 2 heterocycles. The molecule has 0 spiro atoms. The highest BCUT2D eigenvalue weighted by molar-refractivity contribution is 6.30. The Labute approximate surface area is 195 Å². The van der Waals surface area contributed by atoms with E-state index in [1.54, 1.807) is 24.3 Å². The third kappa shape index (κ3) is 4.45. The highest BCUT2D eigenvalue weighted by Crippen LogP contribution is 2.33. The van der Waals surface area contributed by atoms with Crippen molar-refractivity contribution in [1.29, 1.82) is 0 Å². The molecule has 2 aromatic heterocycles. The van der Waals surface area contributed by atoms with Gasteiger partial charge >= 0.3 is 0 Å². The normalized spacial score (nSPS) is 11.4. The molecule has 0 aliphatic rings. The quantitative estimate of drug-likeness (QED) is 0.282. The molecule has 0 atom stereocenters. The van der Waals surface area contributed by atoms with Crippen molar-refractivity contribution in [1.82, 2.24) is 15.3 Å². The maximum absolute atomic E-state index is 12.4. The van der Waals surface area contributed by atoms with Crippen molar-refractivity contribution in [3.05, 3.63) is 101 Å². The van der Waals surface area contributed by atoms with Gasteiger partial charge in [0.2, 0.25) is 5.91 Å². The first-order chi connectivity index (χ1) is 16.1. The Hall–Kier alpha value is -4.09. The molecule has 0 saturated carbocycles. The number of H-pyrrole nitrogens is 1. The SMILES string of the molecule is O=C(/C=C/c1cccc(O)c1)NCc1cc2c([nH]c3ccccc32)c(-c2ccc(Cl)cc2)n1. The van der Waals surface area contributed by atoms with Gasteiger partial charge in [-0.3, -0.25) is 4.79 Å². The number of pyridine rings is 1. The van der Waals surface area contributed by atoms with Gasteiger partial charge < -0.3 is 15.4 Å². The van der Waals surface area contributed by atoms with Crippen LogP contribution in [-0.4, -0.2) is 21.0 Å². The van der Waals surface area contributed by atoms with Gasteiger partial charge in [-0.05, 0) is 48.0 Å². The van der Waals surface area contributed by atoms with E-state index in [1.165, 1.54) is 6.08 Å². The monoisotopic (exact) mass is 453 g/mol. The lowest BCUT2D eigenvalue weighted by atomic mass is 10.1. The number of para-hydroxylation sites is 1. The fraction of sp³-hybridized carbons (Fsp3) is 0.0370. The van der Waals surface area contributed by atoms with Crippen LogP contribution in [0.1, 0.15) is 11.3 Å². The molecule has 5 aromatic rings. The average molecular weight is 454 g/mol. The number of halogens is 1. The van der Waals surface area contributed by atoms with Crippen LogP contribution in [0.3, 0.4) is 0 Å². The summed E-state index contributed by atoms with van der Waals surface area (Å²) in [6, 6.07) is 24.4. The largest absolute Gasteiger partial charge is 0.508 e. The van der Waals surface area contributed by atoms with E-state index in [1.807, 2.05) is 54.6 Å². The second-order valence-electron chi connectivity index (χ2n) is 7.71. The molecule has 0 bridgehead atoms. The Bertz CT molecular complexity index is 1500. The van der Waals surface area contributed by atoms with Crippen LogP contribution in [0.4, 0.5) is 0 Å². The van der Waals surface area contributed by atoms with Crippen molar-refractivity contribution in [2.24, 2.45) is 0 Å². The van der Waals surface area contributed by atoms with Gasteiger partial charge in [0.25, 0.3) is 0 Å². The lowest BCUT2D eigenvalue weighted by Gasteiger charge is -2.08. The zero-order valence-electron chi connectivity index (χ0n) is 17.5. The summed E-state index contributed by atoms with van der Waals surface area (Å²) >= 11 is 6.08. The molecular weight excluding hydrogens is 434 g/mol. The second-order valence-corrected chi connectivity index (χ2v) is 8.14. The maximum Gasteiger partial charge on any atom is 0.244 e. The molecule has 3 aromatic carbocycles. The first-order valence-corrected chi connectivity index (χ1v) is 10.9. The van der Waals surface area contributed by atoms with Crippen LogP contribution in [0.5, 0.6) is 5.75 Å². The van der Waals surface area contributed by atoms with Crippen molar-refractivity contribution in [2.45, 2.75) is 6.54 Å². The predicted octanol–water partition coefficient (Wildman–Crippen LogP) is 6.07. The number of benzene rings is 3. The molecule has 0 fully saturated rings. The number of carbonyl (C=O) groups is 1. The standard InChI is InChI=1S/C27H20ClN3O2/c28-19-11-9-18(10-12-19)26-27-23(22-6-1-2-7-24(22)31-27)15-20(30-26)16-29-25(33)13-8-17-4-3-5-21(32)14-17/h1-15,31-32H,16H2,(H,29,33)/b13-8+. The summed E-state index contributed by atoms with van der Waals surface area (Å²) < 4.78 is 0. The van der Waals surface area contributed by atoms with Crippen LogP contribution >= 0.6 is 11.6 Å². The van der Waals surface area contributed by atoms with E-state index in [2.05, 4.69) is 16.4 Å². The molecule has 0 aliphatic carbocycles. The zero-order chi connectivity index (χ0) is 22.8. The van der Waals surface area contributed by atoms with Gasteiger partial charge in [0.1, 0.15) is 5.75 Å². The summed E-state index contributed by atoms with van der Waals surface area (Å²) in [4.78, 5) is 20.7. The summed E-state index contributed by atoms with van der Waals surface area (Å²) in [7, 11) is 0. The van der Waals surface area contributed by atoms with E-state index in [0.29, 0.717) is 5.02 Å². The third-order valence-corrected chi connectivity index (χ3v) is 5.66. The van der Waals surface area contributed by atoms with Crippen LogP contribution in [0.15, 0.2) is 84.9 Å². The number of amides is 1. The fourth-order valence-electron chi connectivity index (χ4n) is 3.84. The van der Waals surface area contributed by atoms with Crippen molar-refractivity contribution in [2.75, 3.05) is 0 Å². The molecule has 5 nitrogen and oxygen atoms in total. The molecule has 1 amide bonds. The maximum atomic E-state index is 12.4. The molecule has 0 aliphatic heterocycles. The first-order valence-electron chi connectivity index (χ1n) is 10.5. The number of carbonyl (C=O) groups excluding carboxylic acids is 1. The van der Waals surface area contributed by atoms with E-state index in [-0.39, 0.29) is 18.2 Å². The molecule has 0 radical (unpaired) electrons. The number of aromatic amines is 1. The molecule has 6 heteroatoms. The Balaban J connectivity index is 1.47. The Morgan fingerprint density at radius 1 is 1.00 bits per heavy atom. The Kier molecular flexibility index (Phi) is 5.55. The van der Waals surface area contributed by atoms with E-state index in [0.717, 1.165) is 44.3 Å². The minimum absolute atomic E-state index is 0.156. The minimum Gasteiger partial charge on any atom is -0.508 e. The summed E-state index contributed by atoms with van der Waals surface area (Å²) in [6.07, 6.45) is 3.10. The van der Waals surface area contributed by atoms with Gasteiger partial charge in [0.05, 0.1) is 23.4 Å². The summed E-state index contributed by atoms with van der Waals surface area (Å²) in [5, 5.41) is 15.3. The number of phenols is 1. The summed E-state index contributed by atoms with van der Waals surface area (Å²) in [5.74, 6) is -0.0873. The fourth-order valence-corrected chi connectivity index (χ4v) is 3.97. The Morgan fingerprint density at radius 3 is 2.64 bits per heavy atom. The number of fused-ring (bicyclic) bond motifs is 3. The first kappa shape index (κ1) is 20.8. The number of aromatic nitrogens is 2. The van der Waals surface area contributed by atoms with Gasteiger partial charge in [-0.1, -0.05) is 54.1 Å². The molecule has 162 valence electrons. The predicted molar refractivity (Wildman–Crippen MR) is 133 cm³/mol. The van der Waals surface area contributed by atoms with Crippen LogP contribution in [0, 0.1) is 0 Å². The number of hydrogen-bond donors (Lipinski definition) is 3. The number of nitrogens with one attached hydrogen (secondary N) is 2. The summed E-state index contributed by atoms with van der Waals surface area (Å²) in [6.45, 7) is 0.277. The smallest absolute Gasteiger partial charge is 0.244 e. The number of nitrogens with zero attached hydrogens (tertiary/aromatic N) is 1. The van der Waals surface area contributed by atoms with Crippen molar-refractivity contribution < 1.29 is 9.90 Å². The van der Waals surface area contributed by atoms with Crippen LogP contribution < -0.4 is 5.32 Å². The number of hydrogen-bond acceptors (Lipinski definition) is 3. The zero-order valence-corrected chi connectivity index (χ0v) is 18.3. The molecule has 33 heavy (non-hydrogen) atoms. The van der Waals surface area contributed by atoms with Gasteiger partial charge in [0.15, 0.2) is 0 Å². The van der Waals surface area contributed by atoms with Crippen molar-refractivity contribution in [3.63, 3.8) is 0 Å². The van der Waals surface area contributed by atoms with Gasteiger partial charge in [-0.2, -0.15) is 0 Å². The van der Waals surface area contributed by atoms with Gasteiger partial charge in [-0.15, -0.1) is 0 Å². The number of aromatic hydroxyl groups is 1. The number of phenolic OH excluding ortho intramolecular Hbond substituents is 1. The molecule has 0 saturated heterocycles. The molecule has 5 rings (SSSR count). The van der Waals surface area contributed by atoms with Gasteiger partial charge in [-0.25, -0.2) is 4.98 Å². The summed E-state index contributed by atoms with van der Waals surface area (Å²) in [5.41, 5.74) is 5.20. The molecule has 3 N–H and O–H groups in total. The second kappa shape index (κ2) is 8.81.